The lowest BCUT2D eigenvalue weighted by Crippen LogP contribution is -2.40. The molecule has 0 aromatic rings. The van der Waals surface area contributed by atoms with Crippen LogP contribution in [0.25, 0.3) is 0 Å². The first-order valence-electron chi connectivity index (χ1n) is 4.05. The van der Waals surface area contributed by atoms with Gasteiger partial charge in [0, 0.05) is 0 Å². The van der Waals surface area contributed by atoms with E-state index in [-0.39, 0.29) is 0 Å². The van der Waals surface area contributed by atoms with Gasteiger partial charge < -0.3 is 10.4 Å². The average molecular weight is 157 g/mol. The van der Waals surface area contributed by atoms with Crippen LogP contribution >= 0.6 is 0 Å². The van der Waals surface area contributed by atoms with Gasteiger partial charge in [-0.3, -0.25) is 4.79 Å². The van der Waals surface area contributed by atoms with Crippen molar-refractivity contribution >= 4 is 5.97 Å². The van der Waals surface area contributed by atoms with Crippen molar-refractivity contribution in [1.82, 2.24) is 5.32 Å². The highest BCUT2D eigenvalue weighted by Gasteiger charge is 2.49. The first-order chi connectivity index (χ1) is 5.07. The molecule has 1 aliphatic carbocycles. The Hall–Kier alpha value is -0.570. The van der Waals surface area contributed by atoms with Gasteiger partial charge in [-0.15, -0.1) is 0 Å². The summed E-state index contributed by atoms with van der Waals surface area (Å²) >= 11 is 0. The molecule has 0 aromatic heterocycles. The van der Waals surface area contributed by atoms with E-state index in [0.29, 0.717) is 5.92 Å². The minimum Gasteiger partial charge on any atom is -0.480 e. The van der Waals surface area contributed by atoms with Crippen molar-refractivity contribution < 1.29 is 9.90 Å². The van der Waals surface area contributed by atoms with Crippen molar-refractivity contribution in [2.75, 3.05) is 6.54 Å². The van der Waals surface area contributed by atoms with Gasteiger partial charge >= 0.3 is 5.97 Å². The van der Waals surface area contributed by atoms with Crippen LogP contribution in [0.1, 0.15) is 26.7 Å². The fourth-order valence-corrected chi connectivity index (χ4v) is 0.991. The molecule has 0 atom stereocenters. The molecule has 0 saturated heterocycles. The summed E-state index contributed by atoms with van der Waals surface area (Å²) < 4.78 is 0. The number of rotatable bonds is 4. The second-order valence-corrected chi connectivity index (χ2v) is 3.66. The van der Waals surface area contributed by atoms with E-state index < -0.39 is 11.5 Å². The number of aliphatic carboxylic acids is 1. The fraction of sp³-hybridized carbons (Fsp3) is 0.875. The Labute approximate surface area is 66.8 Å². The highest BCUT2D eigenvalue weighted by Crippen LogP contribution is 2.35. The zero-order valence-electron chi connectivity index (χ0n) is 7.05. The maximum atomic E-state index is 10.6. The molecule has 0 aliphatic heterocycles. The molecule has 0 aromatic carbocycles. The average Bonchev–Trinajstić information content (AvgIpc) is 2.63. The Morgan fingerprint density at radius 2 is 2.18 bits per heavy atom. The largest absolute Gasteiger partial charge is 0.480 e. The van der Waals surface area contributed by atoms with E-state index in [2.05, 4.69) is 19.2 Å². The molecule has 3 nitrogen and oxygen atoms in total. The number of carboxylic acid groups (broad SMARTS) is 1. The summed E-state index contributed by atoms with van der Waals surface area (Å²) in [6, 6.07) is 0. The van der Waals surface area contributed by atoms with Crippen LogP contribution in [0.15, 0.2) is 0 Å². The van der Waals surface area contributed by atoms with E-state index in [0.717, 1.165) is 19.4 Å². The van der Waals surface area contributed by atoms with E-state index in [1.807, 2.05) is 0 Å². The lowest BCUT2D eigenvalue weighted by Gasteiger charge is -2.13. The van der Waals surface area contributed by atoms with Gasteiger partial charge in [0.1, 0.15) is 5.54 Å². The fourth-order valence-electron chi connectivity index (χ4n) is 0.991. The molecule has 1 aliphatic rings. The molecule has 1 saturated carbocycles. The predicted molar refractivity (Wildman–Crippen MR) is 42.4 cm³/mol. The first kappa shape index (κ1) is 8.53. The van der Waals surface area contributed by atoms with Gasteiger partial charge in [-0.25, -0.2) is 0 Å². The van der Waals surface area contributed by atoms with Crippen molar-refractivity contribution in [3.05, 3.63) is 0 Å². The lowest BCUT2D eigenvalue weighted by atomic mass is 10.2. The van der Waals surface area contributed by atoms with Crippen molar-refractivity contribution in [1.29, 1.82) is 0 Å². The molecule has 1 rings (SSSR count). The van der Waals surface area contributed by atoms with Crippen molar-refractivity contribution in [3.63, 3.8) is 0 Å². The predicted octanol–water partition coefficient (Wildman–Crippen LogP) is 0.849. The Balaban J connectivity index is 2.31. The third-order valence-corrected chi connectivity index (χ3v) is 2.01. The van der Waals surface area contributed by atoms with Crippen LogP contribution < -0.4 is 5.32 Å². The molecular weight excluding hydrogens is 142 g/mol. The van der Waals surface area contributed by atoms with Gasteiger partial charge in [0.2, 0.25) is 0 Å². The maximum Gasteiger partial charge on any atom is 0.323 e. The van der Waals surface area contributed by atoms with Gasteiger partial charge in [-0.1, -0.05) is 13.8 Å². The van der Waals surface area contributed by atoms with Gasteiger partial charge in [0.25, 0.3) is 0 Å². The third-order valence-electron chi connectivity index (χ3n) is 2.01. The quantitative estimate of drug-likeness (QED) is 0.636. The Bertz CT molecular complexity index is 161. The molecule has 3 heteroatoms. The first-order valence-corrected chi connectivity index (χ1v) is 4.05. The lowest BCUT2D eigenvalue weighted by molar-refractivity contribution is -0.140. The van der Waals surface area contributed by atoms with E-state index >= 15 is 0 Å². The minimum atomic E-state index is -0.696. The van der Waals surface area contributed by atoms with Crippen LogP contribution in [0.3, 0.4) is 0 Å². The molecule has 0 radical (unpaired) electrons. The summed E-state index contributed by atoms with van der Waals surface area (Å²) in [7, 11) is 0. The van der Waals surface area contributed by atoms with E-state index in [1.165, 1.54) is 0 Å². The van der Waals surface area contributed by atoms with E-state index in [4.69, 9.17) is 5.11 Å². The SMILES string of the molecule is CC(C)CNC1(C(=O)O)CC1. The zero-order chi connectivity index (χ0) is 8.48. The highest BCUT2D eigenvalue weighted by molar-refractivity contribution is 5.82. The summed E-state index contributed by atoms with van der Waals surface area (Å²) in [4.78, 5) is 10.6. The van der Waals surface area contributed by atoms with Crippen LogP contribution in [0.2, 0.25) is 0 Å². The van der Waals surface area contributed by atoms with Crippen LogP contribution in [0.5, 0.6) is 0 Å². The number of carboxylic acids is 1. The summed E-state index contributed by atoms with van der Waals surface area (Å²) in [5.41, 5.74) is -0.551. The van der Waals surface area contributed by atoms with Crippen LogP contribution in [0, 0.1) is 5.92 Å². The Kier molecular flexibility index (Phi) is 2.18. The Morgan fingerprint density at radius 3 is 2.45 bits per heavy atom. The minimum absolute atomic E-state index is 0.520. The number of nitrogens with one attached hydrogen (secondary N) is 1. The third kappa shape index (κ3) is 1.93. The van der Waals surface area contributed by atoms with Crippen LogP contribution in [0.4, 0.5) is 0 Å². The van der Waals surface area contributed by atoms with Gasteiger partial charge in [-0.05, 0) is 25.3 Å². The standard InChI is InChI=1S/C8H15NO2/c1-6(2)5-9-8(3-4-8)7(10)11/h6,9H,3-5H2,1-2H3,(H,10,11). The van der Waals surface area contributed by atoms with E-state index in [9.17, 15) is 4.79 Å². The molecule has 1 fully saturated rings. The van der Waals surface area contributed by atoms with Gasteiger partial charge in [-0.2, -0.15) is 0 Å². The topological polar surface area (TPSA) is 49.3 Å². The second-order valence-electron chi connectivity index (χ2n) is 3.66. The second kappa shape index (κ2) is 2.81. The van der Waals surface area contributed by atoms with Crippen molar-refractivity contribution in [2.24, 2.45) is 5.92 Å². The molecule has 0 amide bonds. The normalized spacial score (nSPS) is 20.3. The molecule has 0 spiro atoms. The number of carbonyl (C=O) groups is 1. The molecule has 2 N–H and O–H groups in total. The summed E-state index contributed by atoms with van der Waals surface area (Å²) in [5.74, 6) is -0.176. The van der Waals surface area contributed by atoms with Gasteiger partial charge in [0.15, 0.2) is 0 Å². The smallest absolute Gasteiger partial charge is 0.323 e. The van der Waals surface area contributed by atoms with Gasteiger partial charge in [0.05, 0.1) is 0 Å². The molecular formula is C8H15NO2. The van der Waals surface area contributed by atoms with E-state index in [1.54, 1.807) is 0 Å². The Morgan fingerprint density at radius 1 is 1.64 bits per heavy atom. The highest BCUT2D eigenvalue weighted by atomic mass is 16.4. The molecule has 0 unspecified atom stereocenters. The summed E-state index contributed by atoms with van der Waals surface area (Å²) in [6.45, 7) is 4.95. The zero-order valence-corrected chi connectivity index (χ0v) is 7.05. The number of hydrogen-bond acceptors (Lipinski definition) is 2. The summed E-state index contributed by atoms with van der Waals surface area (Å²) in [6.07, 6.45) is 1.57. The monoisotopic (exact) mass is 157 g/mol. The molecule has 64 valence electrons. The maximum absolute atomic E-state index is 10.6. The van der Waals surface area contributed by atoms with Crippen LogP contribution in [-0.2, 0) is 4.79 Å². The summed E-state index contributed by atoms with van der Waals surface area (Å²) in [5, 5.41) is 11.8. The van der Waals surface area contributed by atoms with Crippen molar-refractivity contribution in [3.8, 4) is 0 Å². The molecule has 0 heterocycles. The molecule has 11 heavy (non-hydrogen) atoms. The van der Waals surface area contributed by atoms with Crippen molar-refractivity contribution in [2.45, 2.75) is 32.2 Å². The number of hydrogen-bond donors (Lipinski definition) is 2. The molecule has 0 bridgehead atoms. The van der Waals surface area contributed by atoms with Crippen LogP contribution in [-0.4, -0.2) is 23.2 Å².